The molecule has 1 heterocycles. The molecule has 0 aromatic carbocycles. The molecule has 1 rings (SSSR count). The van der Waals surface area contributed by atoms with Gasteiger partial charge in [-0.2, -0.15) is 0 Å². The number of hydrogen-bond acceptors (Lipinski definition) is 2. The van der Waals surface area contributed by atoms with Gasteiger partial charge in [-0.15, -0.1) is 6.58 Å². The molecule has 94 valence electrons. The molecule has 16 heavy (non-hydrogen) atoms. The Kier molecular flexibility index (Phi) is 7.52. The van der Waals surface area contributed by atoms with Gasteiger partial charge in [0.15, 0.2) is 0 Å². The number of likely N-dealkylation sites (N-methyl/N-ethyl adjacent to an activating group) is 1. The highest BCUT2D eigenvalue weighted by atomic mass is 16.5. The predicted octanol–water partition coefficient (Wildman–Crippen LogP) is 3.28. The average Bonchev–Trinajstić information content (AvgIpc) is 2.35. The number of allylic oxidation sites excluding steroid dienone is 1. The molecule has 0 radical (unpaired) electrons. The van der Waals surface area contributed by atoms with Crippen molar-refractivity contribution in [2.45, 2.75) is 63.5 Å². The van der Waals surface area contributed by atoms with Crippen LogP contribution in [0.25, 0.3) is 0 Å². The molecule has 2 atom stereocenters. The summed E-state index contributed by atoms with van der Waals surface area (Å²) in [4.78, 5) is 0. The van der Waals surface area contributed by atoms with E-state index in [1.807, 2.05) is 6.08 Å². The fraction of sp³-hybridized carbons (Fsp3) is 0.857. The highest BCUT2D eigenvalue weighted by Crippen LogP contribution is 2.19. The summed E-state index contributed by atoms with van der Waals surface area (Å²) >= 11 is 0. The van der Waals surface area contributed by atoms with Gasteiger partial charge in [-0.25, -0.2) is 0 Å². The van der Waals surface area contributed by atoms with E-state index in [1.165, 1.54) is 44.9 Å². The molecule has 0 amide bonds. The Labute approximate surface area is 100 Å². The van der Waals surface area contributed by atoms with Crippen molar-refractivity contribution in [3.05, 3.63) is 12.7 Å². The lowest BCUT2D eigenvalue weighted by molar-refractivity contribution is -0.00815. The maximum atomic E-state index is 5.83. The van der Waals surface area contributed by atoms with E-state index in [9.17, 15) is 0 Å². The van der Waals surface area contributed by atoms with Crippen molar-refractivity contribution >= 4 is 0 Å². The molecule has 1 aliphatic heterocycles. The molecular weight excluding hydrogens is 198 g/mol. The Balaban J connectivity index is 2.12. The van der Waals surface area contributed by atoms with Crippen molar-refractivity contribution in [1.29, 1.82) is 0 Å². The predicted molar refractivity (Wildman–Crippen MR) is 69.7 cm³/mol. The first-order chi connectivity index (χ1) is 7.88. The van der Waals surface area contributed by atoms with Crippen LogP contribution in [0.1, 0.15) is 51.4 Å². The molecule has 2 heteroatoms. The summed E-state index contributed by atoms with van der Waals surface area (Å²) in [5, 5.41) is 3.42. The number of nitrogens with one attached hydrogen (secondary N) is 1. The van der Waals surface area contributed by atoms with Gasteiger partial charge in [0.05, 0.1) is 6.10 Å². The standard InChI is InChI=1S/C14H27NO/c1-3-4-5-6-7-10-13(15-2)14-11-8-9-12-16-14/h3,13-15H,1,4-12H2,2H3. The summed E-state index contributed by atoms with van der Waals surface area (Å²) in [6, 6.07) is 0.559. The summed E-state index contributed by atoms with van der Waals surface area (Å²) in [7, 11) is 2.06. The largest absolute Gasteiger partial charge is 0.377 e. The molecule has 0 saturated carbocycles. The quantitative estimate of drug-likeness (QED) is 0.505. The maximum absolute atomic E-state index is 5.83. The lowest BCUT2D eigenvalue weighted by Gasteiger charge is -2.30. The summed E-state index contributed by atoms with van der Waals surface area (Å²) in [6.45, 7) is 4.71. The van der Waals surface area contributed by atoms with Crippen LogP contribution < -0.4 is 5.32 Å². The van der Waals surface area contributed by atoms with E-state index in [4.69, 9.17) is 4.74 Å². The van der Waals surface area contributed by atoms with E-state index in [-0.39, 0.29) is 0 Å². The summed E-state index contributed by atoms with van der Waals surface area (Å²) in [5.41, 5.74) is 0. The highest BCUT2D eigenvalue weighted by molar-refractivity contribution is 4.78. The molecule has 1 N–H and O–H groups in total. The van der Waals surface area contributed by atoms with Crippen molar-refractivity contribution in [1.82, 2.24) is 5.32 Å². The minimum atomic E-state index is 0.457. The number of ether oxygens (including phenoxy) is 1. The summed E-state index contributed by atoms with van der Waals surface area (Å²) in [6.07, 6.45) is 12.6. The molecule has 0 aromatic heterocycles. The van der Waals surface area contributed by atoms with Gasteiger partial charge >= 0.3 is 0 Å². The monoisotopic (exact) mass is 225 g/mol. The van der Waals surface area contributed by atoms with E-state index in [1.54, 1.807) is 0 Å². The molecule has 0 aliphatic carbocycles. The molecule has 2 unspecified atom stereocenters. The van der Waals surface area contributed by atoms with Gasteiger partial charge in [-0.05, 0) is 45.6 Å². The molecule has 0 spiro atoms. The van der Waals surface area contributed by atoms with Crippen LogP contribution >= 0.6 is 0 Å². The molecule has 1 fully saturated rings. The van der Waals surface area contributed by atoms with Crippen molar-refractivity contribution in [3.8, 4) is 0 Å². The van der Waals surface area contributed by atoms with Crippen molar-refractivity contribution in [2.75, 3.05) is 13.7 Å². The normalized spacial score (nSPS) is 22.9. The first kappa shape index (κ1) is 13.7. The summed E-state index contributed by atoms with van der Waals surface area (Å²) < 4.78 is 5.83. The summed E-state index contributed by atoms with van der Waals surface area (Å²) in [5.74, 6) is 0. The lowest BCUT2D eigenvalue weighted by Crippen LogP contribution is -2.41. The Bertz CT molecular complexity index is 176. The third-order valence-electron chi connectivity index (χ3n) is 3.46. The van der Waals surface area contributed by atoms with Crippen LogP contribution in [0.2, 0.25) is 0 Å². The van der Waals surface area contributed by atoms with Crippen LogP contribution in [0, 0.1) is 0 Å². The average molecular weight is 225 g/mol. The second kappa shape index (κ2) is 8.77. The molecule has 2 nitrogen and oxygen atoms in total. The van der Waals surface area contributed by atoms with Gasteiger partial charge in [0.1, 0.15) is 0 Å². The third kappa shape index (κ3) is 5.13. The highest BCUT2D eigenvalue weighted by Gasteiger charge is 2.22. The molecule has 0 bridgehead atoms. The fourth-order valence-electron chi connectivity index (χ4n) is 2.43. The SMILES string of the molecule is C=CCCCCCC(NC)C1CCCCO1. The Morgan fingerprint density at radius 2 is 2.25 bits per heavy atom. The van der Waals surface area contributed by atoms with Crippen LogP contribution in [0.5, 0.6) is 0 Å². The first-order valence-electron chi connectivity index (χ1n) is 6.78. The van der Waals surface area contributed by atoms with Gasteiger partial charge in [-0.1, -0.05) is 18.9 Å². The second-order valence-corrected chi connectivity index (χ2v) is 4.73. The van der Waals surface area contributed by atoms with Crippen LogP contribution in [0.4, 0.5) is 0 Å². The minimum Gasteiger partial charge on any atom is -0.377 e. The van der Waals surface area contributed by atoms with Gasteiger partial charge in [-0.3, -0.25) is 0 Å². The van der Waals surface area contributed by atoms with Crippen LogP contribution in [0.15, 0.2) is 12.7 Å². The van der Waals surface area contributed by atoms with Crippen LogP contribution in [0.3, 0.4) is 0 Å². The van der Waals surface area contributed by atoms with Crippen molar-refractivity contribution in [2.24, 2.45) is 0 Å². The molecule has 1 aliphatic rings. The van der Waals surface area contributed by atoms with Gasteiger partial charge in [0, 0.05) is 12.6 Å². The fourth-order valence-corrected chi connectivity index (χ4v) is 2.43. The van der Waals surface area contributed by atoms with Crippen molar-refractivity contribution < 1.29 is 4.74 Å². The third-order valence-corrected chi connectivity index (χ3v) is 3.46. The van der Waals surface area contributed by atoms with Gasteiger partial charge in [0.2, 0.25) is 0 Å². The smallest absolute Gasteiger partial charge is 0.0727 e. The number of hydrogen-bond donors (Lipinski definition) is 1. The second-order valence-electron chi connectivity index (χ2n) is 4.73. The van der Waals surface area contributed by atoms with Crippen molar-refractivity contribution in [3.63, 3.8) is 0 Å². The Hall–Kier alpha value is -0.340. The number of rotatable bonds is 8. The number of unbranched alkanes of at least 4 members (excludes halogenated alkanes) is 3. The Morgan fingerprint density at radius 1 is 1.38 bits per heavy atom. The molecule has 0 aromatic rings. The zero-order chi connectivity index (χ0) is 11.6. The first-order valence-corrected chi connectivity index (χ1v) is 6.78. The maximum Gasteiger partial charge on any atom is 0.0727 e. The Morgan fingerprint density at radius 3 is 2.88 bits per heavy atom. The van der Waals surface area contributed by atoms with E-state index < -0.39 is 0 Å². The van der Waals surface area contributed by atoms with Crippen LogP contribution in [-0.2, 0) is 4.74 Å². The van der Waals surface area contributed by atoms with Gasteiger partial charge < -0.3 is 10.1 Å². The zero-order valence-electron chi connectivity index (χ0n) is 10.7. The topological polar surface area (TPSA) is 21.3 Å². The molecular formula is C14H27NO. The molecule has 1 saturated heterocycles. The van der Waals surface area contributed by atoms with E-state index in [0.717, 1.165) is 13.0 Å². The zero-order valence-corrected chi connectivity index (χ0v) is 10.7. The van der Waals surface area contributed by atoms with Crippen LogP contribution in [-0.4, -0.2) is 25.8 Å². The van der Waals surface area contributed by atoms with E-state index in [2.05, 4.69) is 18.9 Å². The van der Waals surface area contributed by atoms with E-state index in [0.29, 0.717) is 12.1 Å². The lowest BCUT2D eigenvalue weighted by atomic mass is 9.97. The van der Waals surface area contributed by atoms with Gasteiger partial charge in [0.25, 0.3) is 0 Å². The minimum absolute atomic E-state index is 0.457. The van der Waals surface area contributed by atoms with E-state index >= 15 is 0 Å².